The summed E-state index contributed by atoms with van der Waals surface area (Å²) in [5, 5.41) is 0. The van der Waals surface area contributed by atoms with Crippen LogP contribution in [0.1, 0.15) is 41.7 Å². The zero-order chi connectivity index (χ0) is 16.2. The van der Waals surface area contributed by atoms with Crippen molar-refractivity contribution in [2.24, 2.45) is 5.73 Å². The number of aromatic nitrogens is 2. The molecule has 0 bridgehead atoms. The highest BCUT2D eigenvalue weighted by Gasteiger charge is 2.37. The molecular formula is C15H22N4O3. The minimum absolute atomic E-state index is 0.0988. The zero-order valence-electron chi connectivity index (χ0n) is 13.0. The second-order valence-corrected chi connectivity index (χ2v) is 5.71. The zero-order valence-corrected chi connectivity index (χ0v) is 13.0. The lowest BCUT2D eigenvalue weighted by atomic mass is 9.87. The van der Waals surface area contributed by atoms with E-state index in [0.29, 0.717) is 30.8 Å². The van der Waals surface area contributed by atoms with Gasteiger partial charge in [0.1, 0.15) is 6.33 Å². The number of nitrogens with zero attached hydrogens (tertiary/aromatic N) is 3. The number of hydrogen-bond donors (Lipinski definition) is 1. The van der Waals surface area contributed by atoms with E-state index in [4.69, 9.17) is 10.5 Å². The summed E-state index contributed by atoms with van der Waals surface area (Å²) in [6.45, 7) is 2.90. The number of aryl methyl sites for hydroxylation is 1. The summed E-state index contributed by atoms with van der Waals surface area (Å²) in [5.41, 5.74) is 5.89. The van der Waals surface area contributed by atoms with Crippen molar-refractivity contribution in [3.63, 3.8) is 0 Å². The van der Waals surface area contributed by atoms with Crippen LogP contribution in [0.25, 0.3) is 0 Å². The predicted molar refractivity (Wildman–Crippen MR) is 80.1 cm³/mol. The standard InChI is InChI=1S/C15H22N4O3/c1-11-12(8-17-10-18-11)14(21)19-7-3-5-15(9-19,22-2)6-4-13(16)20/h8,10H,3-7,9H2,1-2H3,(H2,16,20). The molecule has 1 aromatic rings. The van der Waals surface area contributed by atoms with Crippen LogP contribution >= 0.6 is 0 Å². The lowest BCUT2D eigenvalue weighted by Gasteiger charge is -2.42. The third kappa shape index (κ3) is 3.59. The second-order valence-electron chi connectivity index (χ2n) is 5.71. The fourth-order valence-corrected chi connectivity index (χ4v) is 2.87. The molecule has 1 aromatic heterocycles. The van der Waals surface area contributed by atoms with Crippen molar-refractivity contribution in [3.05, 3.63) is 23.8 Å². The Morgan fingerprint density at radius 2 is 2.27 bits per heavy atom. The minimum Gasteiger partial charge on any atom is -0.376 e. The Morgan fingerprint density at radius 1 is 1.50 bits per heavy atom. The number of ether oxygens (including phenoxy) is 1. The van der Waals surface area contributed by atoms with Crippen molar-refractivity contribution in [1.29, 1.82) is 0 Å². The molecule has 2 N–H and O–H groups in total. The molecule has 0 saturated carbocycles. The smallest absolute Gasteiger partial charge is 0.257 e. The van der Waals surface area contributed by atoms with Gasteiger partial charge in [-0.2, -0.15) is 0 Å². The van der Waals surface area contributed by atoms with Gasteiger partial charge in [0.05, 0.1) is 16.9 Å². The van der Waals surface area contributed by atoms with Gasteiger partial charge in [-0.1, -0.05) is 0 Å². The van der Waals surface area contributed by atoms with Gasteiger partial charge in [-0.15, -0.1) is 0 Å². The molecule has 1 aliphatic rings. The van der Waals surface area contributed by atoms with Crippen LogP contribution in [-0.2, 0) is 9.53 Å². The molecule has 1 atom stereocenters. The molecule has 1 saturated heterocycles. The topological polar surface area (TPSA) is 98.4 Å². The molecule has 1 fully saturated rings. The van der Waals surface area contributed by atoms with Gasteiger partial charge in [0.2, 0.25) is 5.91 Å². The van der Waals surface area contributed by atoms with E-state index in [1.807, 2.05) is 0 Å². The molecule has 0 radical (unpaired) electrons. The average Bonchev–Trinajstić information content (AvgIpc) is 2.53. The number of piperidine rings is 1. The van der Waals surface area contributed by atoms with Gasteiger partial charge in [0.25, 0.3) is 5.91 Å². The maximum Gasteiger partial charge on any atom is 0.257 e. The molecule has 7 nitrogen and oxygen atoms in total. The number of methoxy groups -OCH3 is 1. The van der Waals surface area contributed by atoms with Crippen molar-refractivity contribution in [1.82, 2.24) is 14.9 Å². The van der Waals surface area contributed by atoms with Gasteiger partial charge in [-0.3, -0.25) is 9.59 Å². The highest BCUT2D eigenvalue weighted by Crippen LogP contribution is 2.30. The fraction of sp³-hybridized carbons (Fsp3) is 0.600. The monoisotopic (exact) mass is 306 g/mol. The van der Waals surface area contributed by atoms with Crippen LogP contribution in [0.5, 0.6) is 0 Å². The Bertz CT molecular complexity index is 563. The van der Waals surface area contributed by atoms with Gasteiger partial charge in [0.15, 0.2) is 0 Å². The number of hydrogen-bond acceptors (Lipinski definition) is 5. The van der Waals surface area contributed by atoms with Crippen molar-refractivity contribution in [2.75, 3.05) is 20.2 Å². The molecule has 2 rings (SSSR count). The van der Waals surface area contributed by atoms with E-state index in [-0.39, 0.29) is 18.2 Å². The molecule has 1 aliphatic heterocycles. The highest BCUT2D eigenvalue weighted by molar-refractivity contribution is 5.95. The van der Waals surface area contributed by atoms with E-state index in [1.54, 1.807) is 18.9 Å². The number of carbonyl (C=O) groups is 2. The molecule has 7 heteroatoms. The maximum absolute atomic E-state index is 12.7. The van der Waals surface area contributed by atoms with E-state index in [1.165, 1.54) is 12.5 Å². The average molecular weight is 306 g/mol. The van der Waals surface area contributed by atoms with Crippen LogP contribution in [-0.4, -0.2) is 52.5 Å². The van der Waals surface area contributed by atoms with Gasteiger partial charge >= 0.3 is 0 Å². The number of carbonyl (C=O) groups excluding carboxylic acids is 2. The Labute approximate surface area is 129 Å². The van der Waals surface area contributed by atoms with E-state index >= 15 is 0 Å². The van der Waals surface area contributed by atoms with Crippen LogP contribution in [0, 0.1) is 6.92 Å². The largest absolute Gasteiger partial charge is 0.376 e. The summed E-state index contributed by atoms with van der Waals surface area (Å²) in [4.78, 5) is 33.4. The number of likely N-dealkylation sites (tertiary alicyclic amines) is 1. The molecule has 1 unspecified atom stereocenters. The van der Waals surface area contributed by atoms with Crippen LogP contribution < -0.4 is 5.73 Å². The Kier molecular flexibility index (Phi) is 5.07. The summed E-state index contributed by atoms with van der Waals surface area (Å²) < 4.78 is 5.64. The number of nitrogens with two attached hydrogens (primary N) is 1. The Morgan fingerprint density at radius 3 is 2.91 bits per heavy atom. The van der Waals surface area contributed by atoms with Crippen LogP contribution in [0.2, 0.25) is 0 Å². The summed E-state index contributed by atoms with van der Waals surface area (Å²) in [6, 6.07) is 0. The fourth-order valence-electron chi connectivity index (χ4n) is 2.87. The summed E-state index contributed by atoms with van der Waals surface area (Å²) >= 11 is 0. The van der Waals surface area contributed by atoms with E-state index in [2.05, 4.69) is 9.97 Å². The highest BCUT2D eigenvalue weighted by atomic mass is 16.5. The normalized spacial score (nSPS) is 21.6. The molecule has 0 aliphatic carbocycles. The van der Waals surface area contributed by atoms with Gasteiger partial charge in [-0.05, 0) is 26.2 Å². The lowest BCUT2D eigenvalue weighted by molar-refractivity contribution is -0.120. The van der Waals surface area contributed by atoms with Crippen molar-refractivity contribution >= 4 is 11.8 Å². The summed E-state index contributed by atoms with van der Waals surface area (Å²) in [6.07, 6.45) is 5.37. The maximum atomic E-state index is 12.7. The summed E-state index contributed by atoms with van der Waals surface area (Å²) in [7, 11) is 1.62. The SMILES string of the molecule is COC1(CCC(N)=O)CCCN(C(=O)c2cncnc2C)C1. The van der Waals surface area contributed by atoms with E-state index in [0.717, 1.165) is 12.8 Å². The van der Waals surface area contributed by atoms with E-state index < -0.39 is 5.60 Å². The van der Waals surface area contributed by atoms with Crippen molar-refractivity contribution in [2.45, 2.75) is 38.2 Å². The van der Waals surface area contributed by atoms with Gasteiger partial charge in [-0.25, -0.2) is 9.97 Å². The molecular weight excluding hydrogens is 284 g/mol. The molecule has 2 heterocycles. The molecule has 22 heavy (non-hydrogen) atoms. The first-order valence-corrected chi connectivity index (χ1v) is 7.37. The Hall–Kier alpha value is -2.02. The molecule has 0 spiro atoms. The quantitative estimate of drug-likeness (QED) is 0.862. The number of amides is 2. The molecule has 120 valence electrons. The predicted octanol–water partition coefficient (Wildman–Crippen LogP) is 0.672. The van der Waals surface area contributed by atoms with Crippen LogP contribution in [0.4, 0.5) is 0 Å². The van der Waals surface area contributed by atoms with Gasteiger partial charge in [0, 0.05) is 32.8 Å². The first kappa shape index (κ1) is 16.4. The first-order chi connectivity index (χ1) is 10.5. The lowest BCUT2D eigenvalue weighted by Crippen LogP contribution is -2.51. The van der Waals surface area contributed by atoms with Crippen LogP contribution in [0.15, 0.2) is 12.5 Å². The third-order valence-electron chi connectivity index (χ3n) is 4.23. The van der Waals surface area contributed by atoms with Gasteiger partial charge < -0.3 is 15.4 Å². The second kappa shape index (κ2) is 6.83. The molecule has 2 amide bonds. The van der Waals surface area contributed by atoms with Crippen molar-refractivity contribution < 1.29 is 14.3 Å². The van der Waals surface area contributed by atoms with Crippen molar-refractivity contribution in [3.8, 4) is 0 Å². The number of rotatable bonds is 5. The number of primary amides is 1. The van der Waals surface area contributed by atoms with E-state index in [9.17, 15) is 9.59 Å². The third-order valence-corrected chi connectivity index (χ3v) is 4.23. The summed E-state index contributed by atoms with van der Waals surface area (Å²) in [5.74, 6) is -0.453. The van der Waals surface area contributed by atoms with Crippen LogP contribution in [0.3, 0.4) is 0 Å². The minimum atomic E-state index is -0.507. The Balaban J connectivity index is 2.13. The first-order valence-electron chi connectivity index (χ1n) is 7.37. The molecule has 0 aromatic carbocycles.